The summed E-state index contributed by atoms with van der Waals surface area (Å²) in [5.41, 5.74) is 2.93. The maximum atomic E-state index is 13.1. The number of amides is 1. The predicted molar refractivity (Wildman–Crippen MR) is 118 cm³/mol. The zero-order valence-corrected chi connectivity index (χ0v) is 18.0. The second-order valence-corrected chi connectivity index (χ2v) is 9.57. The molecule has 1 atom stereocenters. The molecular weight excluding hydrogens is 420 g/mol. The quantitative estimate of drug-likeness (QED) is 0.639. The number of hydrogen-bond acceptors (Lipinski definition) is 3. The molecule has 7 heteroatoms. The third-order valence-electron chi connectivity index (χ3n) is 5.16. The molecule has 1 aliphatic rings. The number of fused-ring (bicyclic) bond motifs is 1. The van der Waals surface area contributed by atoms with E-state index in [9.17, 15) is 13.2 Å². The van der Waals surface area contributed by atoms with Crippen molar-refractivity contribution >= 4 is 33.2 Å². The zero-order chi connectivity index (χ0) is 21.3. The monoisotopic (exact) mass is 440 g/mol. The van der Waals surface area contributed by atoms with Crippen LogP contribution in [0.4, 0.5) is 5.69 Å². The van der Waals surface area contributed by atoms with Crippen LogP contribution in [0.2, 0.25) is 5.02 Å². The second kappa shape index (κ2) is 8.13. The van der Waals surface area contributed by atoms with E-state index in [0.29, 0.717) is 29.2 Å². The summed E-state index contributed by atoms with van der Waals surface area (Å²) in [6, 6.07) is 20.6. The van der Waals surface area contributed by atoms with Gasteiger partial charge in [0.2, 0.25) is 0 Å². The summed E-state index contributed by atoms with van der Waals surface area (Å²) in [5, 5.41) is 3.54. The molecule has 0 unspecified atom stereocenters. The summed E-state index contributed by atoms with van der Waals surface area (Å²) in [5.74, 6) is -0.204. The van der Waals surface area contributed by atoms with Gasteiger partial charge in [-0.1, -0.05) is 41.9 Å². The Kier molecular flexibility index (Phi) is 5.54. The maximum Gasteiger partial charge on any atom is 0.264 e. The van der Waals surface area contributed by atoms with Crippen molar-refractivity contribution in [3.05, 3.63) is 94.5 Å². The Balaban J connectivity index is 1.55. The molecule has 4 rings (SSSR count). The number of rotatable bonds is 5. The van der Waals surface area contributed by atoms with Crippen molar-refractivity contribution in [1.29, 1.82) is 0 Å². The van der Waals surface area contributed by atoms with E-state index in [1.807, 2.05) is 19.1 Å². The lowest BCUT2D eigenvalue weighted by atomic mass is 10.1. The van der Waals surface area contributed by atoms with Crippen molar-refractivity contribution in [2.45, 2.75) is 30.8 Å². The van der Waals surface area contributed by atoms with Crippen molar-refractivity contribution in [2.24, 2.45) is 0 Å². The van der Waals surface area contributed by atoms with E-state index >= 15 is 0 Å². The molecule has 0 saturated heterocycles. The summed E-state index contributed by atoms with van der Waals surface area (Å²) in [6.45, 7) is 2.26. The fraction of sp³-hybridized carbons (Fsp3) is 0.174. The van der Waals surface area contributed by atoms with Gasteiger partial charge in [0.1, 0.15) is 0 Å². The molecule has 1 N–H and O–H groups in total. The van der Waals surface area contributed by atoms with E-state index in [4.69, 9.17) is 11.6 Å². The zero-order valence-electron chi connectivity index (χ0n) is 16.4. The van der Waals surface area contributed by atoms with E-state index in [2.05, 4.69) is 5.32 Å². The minimum atomic E-state index is -3.66. The van der Waals surface area contributed by atoms with Crippen LogP contribution in [0, 0.1) is 0 Å². The Morgan fingerprint density at radius 3 is 2.47 bits per heavy atom. The molecule has 30 heavy (non-hydrogen) atoms. The van der Waals surface area contributed by atoms with Crippen molar-refractivity contribution in [1.82, 2.24) is 5.32 Å². The van der Waals surface area contributed by atoms with Crippen LogP contribution in [-0.2, 0) is 23.0 Å². The molecule has 0 fully saturated rings. The van der Waals surface area contributed by atoms with Gasteiger partial charge in [0, 0.05) is 23.2 Å². The highest BCUT2D eigenvalue weighted by atomic mass is 35.5. The maximum absolute atomic E-state index is 13.1. The van der Waals surface area contributed by atoms with E-state index in [1.54, 1.807) is 60.7 Å². The van der Waals surface area contributed by atoms with Crippen molar-refractivity contribution in [3.8, 4) is 0 Å². The van der Waals surface area contributed by atoms with Gasteiger partial charge in [0.15, 0.2) is 0 Å². The average Bonchev–Trinajstić information content (AvgIpc) is 3.09. The van der Waals surface area contributed by atoms with Crippen LogP contribution in [0.3, 0.4) is 0 Å². The average molecular weight is 441 g/mol. The molecule has 154 valence electrons. The van der Waals surface area contributed by atoms with Crippen LogP contribution in [0.25, 0.3) is 0 Å². The fourth-order valence-electron chi connectivity index (χ4n) is 3.70. The molecule has 1 amide bonds. The Hall–Kier alpha value is -2.83. The molecule has 0 aliphatic carbocycles. The lowest BCUT2D eigenvalue weighted by Gasteiger charge is -2.24. The lowest BCUT2D eigenvalue weighted by molar-refractivity contribution is 0.0951. The van der Waals surface area contributed by atoms with E-state index in [0.717, 1.165) is 11.1 Å². The first-order chi connectivity index (χ1) is 14.4. The first-order valence-corrected chi connectivity index (χ1v) is 11.4. The highest BCUT2D eigenvalue weighted by Crippen LogP contribution is 2.37. The molecule has 0 bridgehead atoms. The normalized spacial score (nSPS) is 15.7. The van der Waals surface area contributed by atoms with Gasteiger partial charge in [-0.15, -0.1) is 0 Å². The number of anilines is 1. The minimum Gasteiger partial charge on any atom is -0.348 e. The fourth-order valence-corrected chi connectivity index (χ4v) is 5.54. The first kappa shape index (κ1) is 20.4. The number of carbonyl (C=O) groups is 1. The molecule has 5 nitrogen and oxygen atoms in total. The summed E-state index contributed by atoms with van der Waals surface area (Å²) >= 11 is 5.88. The number of carbonyl (C=O) groups excluding carboxylic acids is 1. The lowest BCUT2D eigenvalue weighted by Crippen LogP contribution is -2.35. The van der Waals surface area contributed by atoms with Gasteiger partial charge in [-0.3, -0.25) is 9.10 Å². The van der Waals surface area contributed by atoms with Crippen LogP contribution in [0.15, 0.2) is 77.7 Å². The summed E-state index contributed by atoms with van der Waals surface area (Å²) in [7, 11) is -3.66. The van der Waals surface area contributed by atoms with Gasteiger partial charge < -0.3 is 5.32 Å². The van der Waals surface area contributed by atoms with Gasteiger partial charge in [0.25, 0.3) is 15.9 Å². The smallest absolute Gasteiger partial charge is 0.264 e. The Labute approximate surface area is 181 Å². The predicted octanol–water partition coefficient (Wildman–Crippen LogP) is 4.41. The van der Waals surface area contributed by atoms with Crippen molar-refractivity contribution < 1.29 is 13.2 Å². The van der Waals surface area contributed by atoms with Gasteiger partial charge in [-0.05, 0) is 66.9 Å². The molecular formula is C23H21ClN2O3S. The van der Waals surface area contributed by atoms with Crippen molar-refractivity contribution in [2.75, 3.05) is 4.31 Å². The number of sulfonamides is 1. The Morgan fingerprint density at radius 2 is 1.77 bits per heavy atom. The van der Waals surface area contributed by atoms with Gasteiger partial charge in [-0.2, -0.15) is 0 Å². The summed E-state index contributed by atoms with van der Waals surface area (Å²) in [6.07, 6.45) is 0.555. The number of nitrogens with zero attached hydrogens (tertiary/aromatic N) is 1. The number of benzene rings is 3. The van der Waals surface area contributed by atoms with Crippen LogP contribution < -0.4 is 9.62 Å². The summed E-state index contributed by atoms with van der Waals surface area (Å²) < 4.78 is 27.7. The van der Waals surface area contributed by atoms with Crippen molar-refractivity contribution in [3.63, 3.8) is 0 Å². The van der Waals surface area contributed by atoms with E-state index in [-0.39, 0.29) is 16.8 Å². The topological polar surface area (TPSA) is 66.5 Å². The van der Waals surface area contributed by atoms with E-state index < -0.39 is 10.0 Å². The molecule has 1 aliphatic heterocycles. The highest BCUT2D eigenvalue weighted by molar-refractivity contribution is 7.92. The number of halogens is 1. The highest BCUT2D eigenvalue weighted by Gasteiger charge is 2.36. The number of hydrogen-bond donors (Lipinski definition) is 1. The number of nitrogens with one attached hydrogen (secondary N) is 1. The third kappa shape index (κ3) is 3.93. The molecule has 0 saturated carbocycles. The van der Waals surface area contributed by atoms with E-state index in [1.165, 1.54) is 4.31 Å². The van der Waals surface area contributed by atoms with Crippen LogP contribution in [-0.4, -0.2) is 20.4 Å². The Morgan fingerprint density at radius 1 is 1.07 bits per heavy atom. The minimum absolute atomic E-state index is 0.204. The largest absolute Gasteiger partial charge is 0.348 e. The molecule has 0 spiro atoms. The standard InChI is InChI=1S/C23H21ClN2O3S/c1-16-13-19-14-18(23(27)25-15-17-7-10-20(24)11-8-17)9-12-22(19)26(16)30(28,29)21-5-3-2-4-6-21/h2-12,14,16H,13,15H2,1H3,(H,25,27)/t16-/m1/s1. The van der Waals surface area contributed by atoms with Gasteiger partial charge >= 0.3 is 0 Å². The van der Waals surface area contributed by atoms with Gasteiger partial charge in [0.05, 0.1) is 10.6 Å². The Bertz CT molecular complexity index is 1180. The van der Waals surface area contributed by atoms with Gasteiger partial charge in [-0.25, -0.2) is 8.42 Å². The third-order valence-corrected chi connectivity index (χ3v) is 7.36. The van der Waals surface area contributed by atoms with Crippen LogP contribution >= 0.6 is 11.6 Å². The molecule has 3 aromatic rings. The summed E-state index contributed by atoms with van der Waals surface area (Å²) in [4.78, 5) is 12.9. The molecule has 0 radical (unpaired) electrons. The van der Waals surface area contributed by atoms with Crippen LogP contribution in [0.1, 0.15) is 28.4 Å². The second-order valence-electron chi connectivity index (χ2n) is 7.32. The molecule has 1 heterocycles. The SMILES string of the molecule is C[C@@H]1Cc2cc(C(=O)NCc3ccc(Cl)cc3)ccc2N1S(=O)(=O)c1ccccc1. The molecule has 3 aromatic carbocycles. The van der Waals surface area contributed by atoms with Crippen LogP contribution in [0.5, 0.6) is 0 Å². The molecule has 0 aromatic heterocycles. The first-order valence-electron chi connectivity index (χ1n) is 9.61.